The van der Waals surface area contributed by atoms with E-state index in [1.165, 1.54) is 5.56 Å². The van der Waals surface area contributed by atoms with Crippen molar-refractivity contribution in [3.05, 3.63) is 64.2 Å². The molecule has 2 aromatic rings. The Balaban J connectivity index is 1.95. The average molecular weight is 289 g/mol. The Bertz CT molecular complexity index is 639. The van der Waals surface area contributed by atoms with Crippen molar-refractivity contribution in [1.29, 1.82) is 0 Å². The number of aliphatic hydroxyl groups is 1. The maximum absolute atomic E-state index is 11.0. The summed E-state index contributed by atoms with van der Waals surface area (Å²) in [6, 6.07) is 13.6. The Hall–Kier alpha value is -1.51. The van der Waals surface area contributed by atoms with Crippen LogP contribution in [0, 0.1) is 0 Å². The quantitative estimate of drug-likeness (QED) is 0.933. The van der Waals surface area contributed by atoms with Crippen molar-refractivity contribution in [2.24, 2.45) is 0 Å². The minimum atomic E-state index is -0.825. The summed E-state index contributed by atoms with van der Waals surface area (Å²) < 4.78 is 5.27. The molecule has 1 N–H and O–H groups in total. The molecular weight excluding hydrogens is 272 g/mol. The van der Waals surface area contributed by atoms with Crippen LogP contribution in [-0.4, -0.2) is 12.2 Å². The third-order valence-electron chi connectivity index (χ3n) is 4.01. The van der Waals surface area contributed by atoms with Crippen molar-refractivity contribution in [2.75, 3.05) is 7.11 Å². The molecule has 0 bridgehead atoms. The molecule has 0 aliphatic heterocycles. The number of aryl methyl sites for hydroxylation is 1. The second kappa shape index (κ2) is 5.12. The van der Waals surface area contributed by atoms with Crippen molar-refractivity contribution in [2.45, 2.75) is 24.9 Å². The summed E-state index contributed by atoms with van der Waals surface area (Å²) in [6.45, 7) is 0. The van der Waals surface area contributed by atoms with E-state index in [-0.39, 0.29) is 0 Å². The zero-order valence-electron chi connectivity index (χ0n) is 11.4. The summed E-state index contributed by atoms with van der Waals surface area (Å²) in [5.74, 6) is 0.787. The number of hydrogen-bond acceptors (Lipinski definition) is 2. The highest BCUT2D eigenvalue weighted by Crippen LogP contribution is 2.41. The van der Waals surface area contributed by atoms with E-state index in [0.717, 1.165) is 29.7 Å². The number of fused-ring (bicyclic) bond motifs is 1. The van der Waals surface area contributed by atoms with E-state index >= 15 is 0 Å². The number of hydrogen-bond donors (Lipinski definition) is 1. The monoisotopic (exact) mass is 288 g/mol. The highest BCUT2D eigenvalue weighted by Gasteiger charge is 2.37. The van der Waals surface area contributed by atoms with Crippen LogP contribution in [0.25, 0.3) is 0 Å². The molecule has 20 heavy (non-hydrogen) atoms. The number of methoxy groups -OCH3 is 1. The molecule has 2 aromatic carbocycles. The Morgan fingerprint density at radius 3 is 2.85 bits per heavy atom. The second-order valence-electron chi connectivity index (χ2n) is 5.36. The van der Waals surface area contributed by atoms with Crippen molar-refractivity contribution >= 4 is 11.6 Å². The summed E-state index contributed by atoms with van der Waals surface area (Å²) in [5, 5.41) is 11.7. The zero-order chi connectivity index (χ0) is 14.2. The lowest BCUT2D eigenvalue weighted by molar-refractivity contribution is 0.0388. The molecular formula is C17H17ClO2. The largest absolute Gasteiger partial charge is 0.497 e. The highest BCUT2D eigenvalue weighted by atomic mass is 35.5. The van der Waals surface area contributed by atoms with Crippen LogP contribution in [0.3, 0.4) is 0 Å². The van der Waals surface area contributed by atoms with Gasteiger partial charge in [0.15, 0.2) is 0 Å². The number of ether oxygens (including phenoxy) is 1. The molecule has 3 heteroatoms. The van der Waals surface area contributed by atoms with Gasteiger partial charge < -0.3 is 9.84 Å². The van der Waals surface area contributed by atoms with Crippen LogP contribution >= 0.6 is 11.6 Å². The first-order valence-electron chi connectivity index (χ1n) is 6.75. The smallest absolute Gasteiger partial charge is 0.119 e. The molecule has 104 valence electrons. The first-order chi connectivity index (χ1) is 9.60. The van der Waals surface area contributed by atoms with Gasteiger partial charge in [-0.2, -0.15) is 0 Å². The summed E-state index contributed by atoms with van der Waals surface area (Å²) in [5.41, 5.74) is 2.41. The minimum absolute atomic E-state index is 0.577. The Morgan fingerprint density at radius 1 is 1.25 bits per heavy atom. The van der Waals surface area contributed by atoms with Gasteiger partial charge in [-0.3, -0.25) is 0 Å². The van der Waals surface area contributed by atoms with Crippen LogP contribution < -0.4 is 4.74 Å². The van der Waals surface area contributed by atoms with Crippen LogP contribution in [0.1, 0.15) is 23.1 Å². The lowest BCUT2D eigenvalue weighted by atomic mass is 9.88. The van der Waals surface area contributed by atoms with Crippen molar-refractivity contribution in [3.8, 4) is 5.75 Å². The molecule has 1 aliphatic rings. The highest BCUT2D eigenvalue weighted by molar-refractivity contribution is 6.30. The SMILES string of the molecule is COc1ccc2c(c1)C(O)(Cc1cccc(Cl)c1)CC2. The maximum Gasteiger partial charge on any atom is 0.119 e. The molecule has 0 spiro atoms. The third-order valence-corrected chi connectivity index (χ3v) is 4.25. The third kappa shape index (κ3) is 2.41. The maximum atomic E-state index is 11.0. The van der Waals surface area contributed by atoms with E-state index in [2.05, 4.69) is 0 Å². The van der Waals surface area contributed by atoms with Crippen molar-refractivity contribution in [3.63, 3.8) is 0 Å². The summed E-state index contributed by atoms with van der Waals surface area (Å²) in [4.78, 5) is 0. The molecule has 0 aromatic heterocycles. The Kier molecular flexibility index (Phi) is 3.45. The van der Waals surface area contributed by atoms with Gasteiger partial charge in [-0.1, -0.05) is 29.8 Å². The molecule has 1 unspecified atom stereocenters. The van der Waals surface area contributed by atoms with Crippen LogP contribution in [0.2, 0.25) is 5.02 Å². The fourth-order valence-electron chi connectivity index (χ4n) is 2.98. The molecule has 2 nitrogen and oxygen atoms in total. The van der Waals surface area contributed by atoms with Gasteiger partial charge in [-0.05, 0) is 53.8 Å². The van der Waals surface area contributed by atoms with Gasteiger partial charge in [-0.15, -0.1) is 0 Å². The van der Waals surface area contributed by atoms with Crippen LogP contribution in [0.5, 0.6) is 5.75 Å². The van der Waals surface area contributed by atoms with Crippen molar-refractivity contribution in [1.82, 2.24) is 0 Å². The number of rotatable bonds is 3. The van der Waals surface area contributed by atoms with Gasteiger partial charge in [0.25, 0.3) is 0 Å². The van der Waals surface area contributed by atoms with E-state index in [1.807, 2.05) is 42.5 Å². The predicted octanol–water partition coefficient (Wildman–Crippen LogP) is 3.73. The fourth-order valence-corrected chi connectivity index (χ4v) is 3.19. The van der Waals surface area contributed by atoms with Crippen LogP contribution in [-0.2, 0) is 18.4 Å². The normalized spacial score (nSPS) is 20.8. The molecule has 0 saturated heterocycles. The van der Waals surface area contributed by atoms with Gasteiger partial charge >= 0.3 is 0 Å². The summed E-state index contributed by atoms with van der Waals surface area (Å²) in [6.07, 6.45) is 2.21. The molecule has 0 heterocycles. The van der Waals surface area contributed by atoms with Crippen LogP contribution in [0.15, 0.2) is 42.5 Å². The standard InChI is InChI=1S/C17H17ClO2/c1-20-15-6-5-13-7-8-17(19,16(13)10-15)11-12-3-2-4-14(18)9-12/h2-6,9-10,19H,7-8,11H2,1H3. The van der Waals surface area contributed by atoms with Gasteiger partial charge in [-0.25, -0.2) is 0 Å². The molecule has 1 atom stereocenters. The lowest BCUT2D eigenvalue weighted by Gasteiger charge is -2.24. The Morgan fingerprint density at radius 2 is 2.10 bits per heavy atom. The van der Waals surface area contributed by atoms with E-state index in [1.54, 1.807) is 7.11 Å². The lowest BCUT2D eigenvalue weighted by Crippen LogP contribution is -2.25. The Labute approximate surface area is 124 Å². The van der Waals surface area contributed by atoms with Crippen LogP contribution in [0.4, 0.5) is 0 Å². The number of halogens is 1. The fraction of sp³-hybridized carbons (Fsp3) is 0.294. The zero-order valence-corrected chi connectivity index (χ0v) is 12.2. The molecule has 0 fully saturated rings. The summed E-state index contributed by atoms with van der Waals surface area (Å²) in [7, 11) is 1.65. The predicted molar refractivity (Wildman–Crippen MR) is 80.4 cm³/mol. The molecule has 1 aliphatic carbocycles. The van der Waals surface area contributed by atoms with E-state index in [4.69, 9.17) is 16.3 Å². The van der Waals surface area contributed by atoms with Crippen molar-refractivity contribution < 1.29 is 9.84 Å². The number of benzene rings is 2. The topological polar surface area (TPSA) is 29.5 Å². The molecule has 0 saturated carbocycles. The minimum Gasteiger partial charge on any atom is -0.497 e. The van der Waals surface area contributed by atoms with Gasteiger partial charge in [0.2, 0.25) is 0 Å². The molecule has 0 radical (unpaired) electrons. The molecule has 3 rings (SSSR count). The van der Waals surface area contributed by atoms with Gasteiger partial charge in [0.1, 0.15) is 5.75 Å². The average Bonchev–Trinajstić information content (AvgIpc) is 2.76. The van der Waals surface area contributed by atoms with E-state index < -0.39 is 5.60 Å². The first-order valence-corrected chi connectivity index (χ1v) is 7.13. The van der Waals surface area contributed by atoms with Gasteiger partial charge in [0, 0.05) is 11.4 Å². The van der Waals surface area contributed by atoms with Gasteiger partial charge in [0.05, 0.1) is 12.7 Å². The van der Waals surface area contributed by atoms with E-state index in [0.29, 0.717) is 11.4 Å². The molecule has 0 amide bonds. The first kappa shape index (κ1) is 13.5. The summed E-state index contributed by atoms with van der Waals surface area (Å²) >= 11 is 6.02. The van der Waals surface area contributed by atoms with E-state index in [9.17, 15) is 5.11 Å². The second-order valence-corrected chi connectivity index (χ2v) is 5.80.